The molecule has 0 aliphatic carbocycles. The second-order valence-corrected chi connectivity index (χ2v) is 11.5. The number of esters is 1. The second kappa shape index (κ2) is 12.0. The van der Waals surface area contributed by atoms with Crippen LogP contribution in [0, 0.1) is 11.8 Å². The van der Waals surface area contributed by atoms with Crippen molar-refractivity contribution < 1.29 is 33.8 Å². The van der Waals surface area contributed by atoms with E-state index in [4.69, 9.17) is 9.47 Å². The van der Waals surface area contributed by atoms with Crippen LogP contribution in [0.4, 0.5) is 0 Å². The van der Waals surface area contributed by atoms with Crippen molar-refractivity contribution in [1.82, 2.24) is 15.1 Å². The smallest absolute Gasteiger partial charge is 0.312 e. The molecule has 0 aromatic heterocycles. The Morgan fingerprint density at radius 2 is 2.03 bits per heavy atom. The van der Waals surface area contributed by atoms with Crippen LogP contribution in [-0.4, -0.2) is 94.2 Å². The standard InChI is InChI=1S/C28H43N3O7/c1-7-9-11-20(33)29-17-18(3)37-26(36)21-19-12-13-28(38-19)22(21)24(34)30(15-10-16-32)23(28)25(35)31(14-8-2)27(4,5)6/h7-8,18-19,21-23,32H,1-2,9-17H2,3-6H3,(H,29,33)/t18-,19-,21+,22+,23-,28+/m0/s1. The number of allylic oxidation sites excluding steroid dienone is 1. The molecule has 2 bridgehead atoms. The number of aliphatic hydroxyl groups is 1. The largest absolute Gasteiger partial charge is 0.460 e. The third kappa shape index (κ3) is 5.66. The molecule has 6 atom stereocenters. The van der Waals surface area contributed by atoms with E-state index in [2.05, 4.69) is 18.5 Å². The average Bonchev–Trinajstić information content (AvgIpc) is 3.49. The molecule has 0 saturated carbocycles. The first-order valence-corrected chi connectivity index (χ1v) is 13.5. The lowest BCUT2D eigenvalue weighted by molar-refractivity contribution is -0.159. The minimum Gasteiger partial charge on any atom is -0.460 e. The second-order valence-electron chi connectivity index (χ2n) is 11.5. The molecule has 2 N–H and O–H groups in total. The lowest BCUT2D eigenvalue weighted by Gasteiger charge is -2.42. The van der Waals surface area contributed by atoms with E-state index >= 15 is 0 Å². The third-order valence-electron chi connectivity index (χ3n) is 7.73. The highest BCUT2D eigenvalue weighted by Gasteiger charge is 2.75. The van der Waals surface area contributed by atoms with Gasteiger partial charge in [-0.2, -0.15) is 0 Å². The first-order chi connectivity index (χ1) is 17.9. The summed E-state index contributed by atoms with van der Waals surface area (Å²) in [5.74, 6) is -2.98. The number of nitrogens with one attached hydrogen (secondary N) is 1. The van der Waals surface area contributed by atoms with Gasteiger partial charge in [-0.25, -0.2) is 0 Å². The van der Waals surface area contributed by atoms with Crippen molar-refractivity contribution in [3.63, 3.8) is 0 Å². The van der Waals surface area contributed by atoms with Crippen molar-refractivity contribution >= 4 is 23.7 Å². The number of nitrogens with zero attached hydrogens (tertiary/aromatic N) is 2. The Bertz CT molecular complexity index is 945. The predicted molar refractivity (Wildman–Crippen MR) is 141 cm³/mol. The zero-order chi connectivity index (χ0) is 28.3. The van der Waals surface area contributed by atoms with Gasteiger partial charge in [0.05, 0.1) is 24.5 Å². The van der Waals surface area contributed by atoms with E-state index in [1.165, 1.54) is 4.90 Å². The molecule has 10 heteroatoms. The summed E-state index contributed by atoms with van der Waals surface area (Å²) in [6.45, 7) is 15.3. The van der Waals surface area contributed by atoms with Crippen molar-refractivity contribution in [2.24, 2.45) is 11.8 Å². The van der Waals surface area contributed by atoms with Gasteiger partial charge in [-0.05, 0) is 53.4 Å². The lowest BCUT2D eigenvalue weighted by atomic mass is 9.70. The summed E-state index contributed by atoms with van der Waals surface area (Å²) in [6, 6.07) is -0.907. The molecule has 0 aromatic rings. The number of hydrogen-bond donors (Lipinski definition) is 2. The van der Waals surface area contributed by atoms with Crippen molar-refractivity contribution in [2.45, 2.75) is 89.2 Å². The summed E-state index contributed by atoms with van der Waals surface area (Å²) in [7, 11) is 0. The maximum absolute atomic E-state index is 14.1. The number of carbonyl (C=O) groups is 4. The number of fused-ring (bicyclic) bond motifs is 1. The highest BCUT2D eigenvalue weighted by molar-refractivity contribution is 5.98. The molecule has 3 aliphatic rings. The molecule has 3 amide bonds. The van der Waals surface area contributed by atoms with E-state index in [1.54, 1.807) is 24.0 Å². The molecular formula is C28H43N3O7. The number of ether oxygens (including phenoxy) is 2. The van der Waals surface area contributed by atoms with Gasteiger partial charge in [0.1, 0.15) is 17.7 Å². The van der Waals surface area contributed by atoms with E-state index in [1.807, 2.05) is 20.8 Å². The van der Waals surface area contributed by atoms with E-state index in [0.717, 1.165) is 0 Å². The van der Waals surface area contributed by atoms with Gasteiger partial charge in [0.15, 0.2) is 0 Å². The van der Waals surface area contributed by atoms with Crippen LogP contribution in [0.15, 0.2) is 25.3 Å². The summed E-state index contributed by atoms with van der Waals surface area (Å²) in [5.41, 5.74) is -1.67. The Kier molecular flexibility index (Phi) is 9.41. The lowest BCUT2D eigenvalue weighted by Crippen LogP contribution is -2.60. The maximum atomic E-state index is 14.1. The SMILES string of the molecule is C=CCCC(=O)NC[C@H](C)OC(=O)[C@@H]1[C@@H]2CC[C@]3(O2)[C@H](C(=O)N(CC=C)C(C)(C)C)N(CCCO)C(=O)[C@@H]13. The molecule has 3 rings (SSSR count). The fourth-order valence-corrected chi connectivity index (χ4v) is 6.05. The minimum absolute atomic E-state index is 0.136. The number of rotatable bonds is 13. The highest BCUT2D eigenvalue weighted by atomic mass is 16.6. The highest BCUT2D eigenvalue weighted by Crippen LogP contribution is 2.59. The number of likely N-dealkylation sites (tertiary alicyclic amines) is 1. The molecule has 3 saturated heterocycles. The zero-order valence-corrected chi connectivity index (χ0v) is 23.1. The van der Waals surface area contributed by atoms with Crippen molar-refractivity contribution in [3.8, 4) is 0 Å². The maximum Gasteiger partial charge on any atom is 0.312 e. The van der Waals surface area contributed by atoms with E-state index in [0.29, 0.717) is 38.6 Å². The van der Waals surface area contributed by atoms with Crippen LogP contribution in [0.25, 0.3) is 0 Å². The van der Waals surface area contributed by atoms with Gasteiger partial charge < -0.3 is 29.7 Å². The minimum atomic E-state index is -1.13. The summed E-state index contributed by atoms with van der Waals surface area (Å²) in [6.07, 6.45) is 4.35. The fraction of sp³-hybridized carbons (Fsp3) is 0.714. The van der Waals surface area contributed by atoms with E-state index in [9.17, 15) is 24.3 Å². The molecule has 3 heterocycles. The molecule has 38 heavy (non-hydrogen) atoms. The number of aliphatic hydroxyl groups excluding tert-OH is 1. The van der Waals surface area contributed by atoms with Gasteiger partial charge in [-0.1, -0.05) is 12.2 Å². The summed E-state index contributed by atoms with van der Waals surface area (Å²) in [5, 5.41) is 12.2. The molecule has 10 nitrogen and oxygen atoms in total. The normalized spacial score (nSPS) is 28.6. The van der Waals surface area contributed by atoms with E-state index < -0.39 is 47.2 Å². The van der Waals surface area contributed by atoms with Crippen LogP contribution in [0.2, 0.25) is 0 Å². The molecule has 0 aromatic carbocycles. The average molecular weight is 534 g/mol. The first kappa shape index (κ1) is 29.8. The quantitative estimate of drug-likeness (QED) is 0.272. The predicted octanol–water partition coefficient (Wildman–Crippen LogP) is 1.57. The molecule has 3 fully saturated rings. The van der Waals surface area contributed by atoms with Crippen LogP contribution in [0.1, 0.15) is 59.8 Å². The number of hydrogen-bond acceptors (Lipinski definition) is 7. The molecular weight excluding hydrogens is 490 g/mol. The Hall–Kier alpha value is -2.72. The van der Waals surface area contributed by atoms with Gasteiger partial charge in [0, 0.05) is 31.7 Å². The van der Waals surface area contributed by atoms with Crippen LogP contribution in [0.5, 0.6) is 0 Å². The van der Waals surface area contributed by atoms with Crippen LogP contribution < -0.4 is 5.32 Å². The number of carbonyl (C=O) groups excluding carboxylic acids is 4. The Morgan fingerprint density at radius 3 is 2.63 bits per heavy atom. The van der Waals surface area contributed by atoms with Gasteiger partial charge in [-0.15, -0.1) is 13.2 Å². The first-order valence-electron chi connectivity index (χ1n) is 13.5. The van der Waals surface area contributed by atoms with Gasteiger partial charge in [0.25, 0.3) is 0 Å². The zero-order valence-electron chi connectivity index (χ0n) is 23.1. The Labute approximate surface area is 225 Å². The molecule has 1 spiro atoms. The van der Waals surface area contributed by atoms with Crippen molar-refractivity contribution in [2.75, 3.05) is 26.2 Å². The van der Waals surface area contributed by atoms with Gasteiger partial charge in [0.2, 0.25) is 17.7 Å². The van der Waals surface area contributed by atoms with Gasteiger partial charge >= 0.3 is 5.97 Å². The molecule has 0 unspecified atom stereocenters. The van der Waals surface area contributed by atoms with E-state index in [-0.39, 0.29) is 37.4 Å². The van der Waals surface area contributed by atoms with Crippen molar-refractivity contribution in [1.29, 1.82) is 0 Å². The summed E-state index contributed by atoms with van der Waals surface area (Å²) >= 11 is 0. The third-order valence-corrected chi connectivity index (χ3v) is 7.73. The van der Waals surface area contributed by atoms with Crippen LogP contribution in [0.3, 0.4) is 0 Å². The molecule has 212 valence electrons. The molecule has 3 aliphatic heterocycles. The van der Waals surface area contributed by atoms with Crippen molar-refractivity contribution in [3.05, 3.63) is 25.3 Å². The summed E-state index contributed by atoms with van der Waals surface area (Å²) in [4.78, 5) is 56.4. The monoisotopic (exact) mass is 533 g/mol. The fourth-order valence-electron chi connectivity index (χ4n) is 6.05. The van der Waals surface area contributed by atoms with Crippen LogP contribution >= 0.6 is 0 Å². The Balaban J connectivity index is 1.84. The molecule has 0 radical (unpaired) electrons. The van der Waals surface area contributed by atoms with Gasteiger partial charge in [-0.3, -0.25) is 19.2 Å². The Morgan fingerprint density at radius 1 is 1.32 bits per heavy atom. The topological polar surface area (TPSA) is 125 Å². The van der Waals surface area contributed by atoms with Crippen LogP contribution in [-0.2, 0) is 28.7 Å². The summed E-state index contributed by atoms with van der Waals surface area (Å²) < 4.78 is 12.1. The number of amides is 3.